The number of amides is 2. The second-order valence-electron chi connectivity index (χ2n) is 7.84. The van der Waals surface area contributed by atoms with Crippen molar-refractivity contribution in [1.29, 1.82) is 0 Å². The van der Waals surface area contributed by atoms with Crippen LogP contribution in [-0.2, 0) is 16.1 Å². The second-order valence-corrected chi connectivity index (χ2v) is 8.78. The zero-order valence-corrected chi connectivity index (χ0v) is 19.4. The van der Waals surface area contributed by atoms with Crippen LogP contribution < -0.4 is 35.3 Å². The van der Waals surface area contributed by atoms with Gasteiger partial charge < -0.3 is 19.5 Å². The van der Waals surface area contributed by atoms with Crippen LogP contribution in [-0.4, -0.2) is 48.8 Å². The number of thioether (sulfide) groups is 1. The van der Waals surface area contributed by atoms with E-state index in [1.807, 2.05) is 49.4 Å². The number of fused-ring (bicyclic) bond motifs is 2. The molecule has 0 saturated carbocycles. The van der Waals surface area contributed by atoms with Crippen LogP contribution in [0.3, 0.4) is 0 Å². The Morgan fingerprint density at radius 1 is 1.24 bits per heavy atom. The van der Waals surface area contributed by atoms with Gasteiger partial charge in [-0.1, -0.05) is 17.8 Å². The van der Waals surface area contributed by atoms with Gasteiger partial charge in [0.1, 0.15) is 11.9 Å². The third-order valence-corrected chi connectivity index (χ3v) is 6.55. The molecule has 0 radical (unpaired) electrons. The fourth-order valence-corrected chi connectivity index (χ4v) is 4.77. The second kappa shape index (κ2) is 9.92. The number of nitrogens with zero attached hydrogens (tertiary/aromatic N) is 2. The predicted molar refractivity (Wildman–Crippen MR) is 128 cm³/mol. The maximum atomic E-state index is 13.3. The van der Waals surface area contributed by atoms with Gasteiger partial charge in [0.15, 0.2) is 16.7 Å². The van der Waals surface area contributed by atoms with Gasteiger partial charge in [-0.2, -0.15) is 0 Å². The Hall–Kier alpha value is -3.28. The summed E-state index contributed by atoms with van der Waals surface area (Å²) in [5.74, 6) is 1.69. The third kappa shape index (κ3) is 4.67. The van der Waals surface area contributed by atoms with Crippen LogP contribution in [0, 0.1) is 5.92 Å². The van der Waals surface area contributed by atoms with Crippen LogP contribution in [0.2, 0.25) is 0 Å². The Morgan fingerprint density at radius 3 is 2.88 bits per heavy atom. The van der Waals surface area contributed by atoms with Crippen LogP contribution in [0.4, 0.5) is 5.69 Å². The molecule has 11 heteroatoms. The lowest BCUT2D eigenvalue weighted by Gasteiger charge is -2.32. The number of carbonyl (C=O) groups excluding carboxylic acids is 2. The minimum absolute atomic E-state index is 0.0649. The predicted octanol–water partition coefficient (Wildman–Crippen LogP) is 1.62. The van der Waals surface area contributed by atoms with E-state index in [-0.39, 0.29) is 36.4 Å². The van der Waals surface area contributed by atoms with Crippen molar-refractivity contribution in [3.63, 3.8) is 0 Å². The van der Waals surface area contributed by atoms with E-state index in [1.165, 1.54) is 11.8 Å². The zero-order chi connectivity index (χ0) is 23.5. The zero-order valence-electron chi connectivity index (χ0n) is 18.6. The molecule has 3 aliphatic rings. The van der Waals surface area contributed by atoms with Crippen LogP contribution in [0.25, 0.3) is 0 Å². The van der Waals surface area contributed by atoms with E-state index in [0.29, 0.717) is 42.1 Å². The first-order chi connectivity index (χ1) is 16.6. The van der Waals surface area contributed by atoms with E-state index < -0.39 is 0 Å². The Bertz CT molecular complexity index is 1110. The summed E-state index contributed by atoms with van der Waals surface area (Å²) in [6.45, 7) is 3.54. The van der Waals surface area contributed by atoms with Gasteiger partial charge >= 0.3 is 0 Å². The molecule has 10 nitrogen and oxygen atoms in total. The molecule has 0 spiro atoms. The first-order valence-corrected chi connectivity index (χ1v) is 12.0. The highest BCUT2D eigenvalue weighted by atomic mass is 32.2. The Labute approximate surface area is 201 Å². The molecule has 1 fully saturated rings. The van der Waals surface area contributed by atoms with E-state index in [9.17, 15) is 9.59 Å². The number of amidine groups is 1. The normalized spacial score (nSPS) is 20.7. The summed E-state index contributed by atoms with van der Waals surface area (Å²) in [5.41, 5.74) is 7.63. The average Bonchev–Trinajstić information content (AvgIpc) is 3.51. The fraction of sp³-hybridized carbons (Fsp3) is 0.348. The molecule has 3 heterocycles. The smallest absolute Gasteiger partial charge is 0.241 e. The number of hydrogen-bond donors (Lipinski definition) is 3. The molecular weight excluding hydrogens is 458 g/mol. The number of rotatable bonds is 7. The first-order valence-electron chi connectivity index (χ1n) is 11.0. The maximum absolute atomic E-state index is 13.3. The van der Waals surface area contributed by atoms with Gasteiger partial charge in [-0.05, 0) is 48.9 Å². The van der Waals surface area contributed by atoms with Crippen molar-refractivity contribution in [3.05, 3.63) is 48.0 Å². The van der Waals surface area contributed by atoms with Gasteiger partial charge in [0.2, 0.25) is 18.6 Å². The van der Waals surface area contributed by atoms with E-state index in [1.54, 1.807) is 4.90 Å². The SMILES string of the molecule is CCOc1ccc(N2C(=O)C3CNNC3N=C2SCC(=O)NCc2ccc3c(c2)OCO3)cc1. The summed E-state index contributed by atoms with van der Waals surface area (Å²) in [6, 6.07) is 12.9. The van der Waals surface area contributed by atoms with Gasteiger partial charge in [0.25, 0.3) is 0 Å². The van der Waals surface area contributed by atoms with Gasteiger partial charge in [-0.25, -0.2) is 10.4 Å². The lowest BCUT2D eigenvalue weighted by atomic mass is 10.0. The lowest BCUT2D eigenvalue weighted by Crippen LogP contribution is -2.49. The number of nitrogens with one attached hydrogen (secondary N) is 3. The molecule has 2 unspecified atom stereocenters. The average molecular weight is 484 g/mol. The lowest BCUT2D eigenvalue weighted by molar-refractivity contribution is -0.121. The van der Waals surface area contributed by atoms with E-state index in [0.717, 1.165) is 11.3 Å². The summed E-state index contributed by atoms with van der Waals surface area (Å²) in [5, 5.41) is 3.38. The molecule has 0 bridgehead atoms. The molecular formula is C23H25N5O5S. The molecule has 2 aromatic carbocycles. The number of carbonyl (C=O) groups is 2. The van der Waals surface area contributed by atoms with Crippen LogP contribution in [0.5, 0.6) is 17.2 Å². The molecule has 178 valence electrons. The molecule has 2 atom stereocenters. The number of benzene rings is 2. The van der Waals surface area contributed by atoms with Crippen molar-refractivity contribution < 1.29 is 23.8 Å². The largest absolute Gasteiger partial charge is 0.494 e. The molecule has 3 N–H and O–H groups in total. The fourth-order valence-electron chi connectivity index (χ4n) is 3.90. The standard InChI is InChI=1S/C23H25N5O5S/c1-2-31-16-6-4-15(5-7-16)28-22(30)17-11-25-27-21(17)26-23(28)34-12-20(29)24-10-14-3-8-18-19(9-14)33-13-32-18/h3-9,17,21,25,27H,2,10-13H2,1H3,(H,24,29). The molecule has 5 rings (SSSR count). The van der Waals surface area contributed by atoms with Crippen molar-refractivity contribution >= 4 is 34.4 Å². The third-order valence-electron chi connectivity index (χ3n) is 5.60. The minimum atomic E-state index is -0.356. The summed E-state index contributed by atoms with van der Waals surface area (Å²) in [4.78, 5) is 32.1. The summed E-state index contributed by atoms with van der Waals surface area (Å²) < 4.78 is 16.2. The van der Waals surface area contributed by atoms with E-state index in [2.05, 4.69) is 16.2 Å². The number of aliphatic imine (C=N–C) groups is 1. The number of ether oxygens (including phenoxy) is 3. The summed E-state index contributed by atoms with van der Waals surface area (Å²) >= 11 is 1.23. The first kappa shape index (κ1) is 22.5. The highest BCUT2D eigenvalue weighted by molar-refractivity contribution is 8.14. The summed E-state index contributed by atoms with van der Waals surface area (Å²) in [7, 11) is 0. The van der Waals surface area contributed by atoms with Gasteiger partial charge in [0, 0.05) is 13.1 Å². The molecule has 3 aliphatic heterocycles. The number of hydrazine groups is 1. The van der Waals surface area contributed by atoms with Crippen molar-refractivity contribution in [2.24, 2.45) is 10.9 Å². The molecule has 0 aliphatic carbocycles. The number of hydrogen-bond acceptors (Lipinski definition) is 9. The van der Waals surface area contributed by atoms with Crippen LogP contribution >= 0.6 is 11.8 Å². The highest BCUT2D eigenvalue weighted by Crippen LogP contribution is 2.33. The maximum Gasteiger partial charge on any atom is 0.241 e. The van der Waals surface area contributed by atoms with Gasteiger partial charge in [-0.15, -0.1) is 0 Å². The van der Waals surface area contributed by atoms with Gasteiger partial charge in [0.05, 0.1) is 24.0 Å². The topological polar surface area (TPSA) is 114 Å². The molecule has 34 heavy (non-hydrogen) atoms. The molecule has 1 saturated heterocycles. The van der Waals surface area contributed by atoms with E-state index >= 15 is 0 Å². The summed E-state index contributed by atoms with van der Waals surface area (Å²) in [6.07, 6.45) is -0.356. The Morgan fingerprint density at radius 2 is 2.06 bits per heavy atom. The van der Waals surface area contributed by atoms with Crippen LogP contribution in [0.15, 0.2) is 47.5 Å². The van der Waals surface area contributed by atoms with E-state index in [4.69, 9.17) is 19.2 Å². The van der Waals surface area contributed by atoms with Crippen LogP contribution in [0.1, 0.15) is 12.5 Å². The minimum Gasteiger partial charge on any atom is -0.494 e. The molecule has 2 aromatic rings. The van der Waals surface area contributed by atoms with Crippen molar-refractivity contribution in [2.45, 2.75) is 19.6 Å². The Kier molecular flexibility index (Phi) is 6.57. The monoisotopic (exact) mass is 483 g/mol. The van der Waals surface area contributed by atoms with Crippen molar-refractivity contribution in [1.82, 2.24) is 16.2 Å². The molecule has 0 aromatic heterocycles. The molecule has 2 amide bonds. The van der Waals surface area contributed by atoms with Crippen molar-refractivity contribution in [2.75, 3.05) is 30.6 Å². The van der Waals surface area contributed by atoms with Gasteiger partial charge in [-0.3, -0.25) is 19.9 Å². The highest BCUT2D eigenvalue weighted by Gasteiger charge is 2.42. The number of anilines is 1. The van der Waals surface area contributed by atoms with Crippen molar-refractivity contribution in [3.8, 4) is 17.2 Å². The Balaban J connectivity index is 1.25. The quantitative estimate of drug-likeness (QED) is 0.545.